The highest BCUT2D eigenvalue weighted by atomic mass is 16.3. The number of rotatable bonds is 5. The van der Waals surface area contributed by atoms with Crippen LogP contribution in [0, 0.1) is 0 Å². The molecule has 0 aliphatic rings. The van der Waals surface area contributed by atoms with Gasteiger partial charge in [0.1, 0.15) is 5.52 Å². The van der Waals surface area contributed by atoms with Crippen LogP contribution >= 0.6 is 0 Å². The molecule has 0 unspecified atom stereocenters. The lowest BCUT2D eigenvalue weighted by molar-refractivity contribution is 0.623. The molecule has 3 heteroatoms. The summed E-state index contributed by atoms with van der Waals surface area (Å²) >= 11 is 0. The SMILES string of the molecule is c1ccc(-c2nc3ccc4cccc(N(c5ccccc5)c5ccc(-c6cccc7ccccc67)cc5)c4c3o2)cc1. The summed E-state index contributed by atoms with van der Waals surface area (Å²) in [4.78, 5) is 7.17. The van der Waals surface area contributed by atoms with Crippen LogP contribution in [0.25, 0.3) is 55.2 Å². The summed E-state index contributed by atoms with van der Waals surface area (Å²) in [5.74, 6) is 0.624. The minimum atomic E-state index is 0.624. The van der Waals surface area contributed by atoms with E-state index in [0.29, 0.717) is 5.89 Å². The van der Waals surface area contributed by atoms with Gasteiger partial charge in [-0.3, -0.25) is 0 Å². The van der Waals surface area contributed by atoms with E-state index in [1.807, 2.05) is 36.4 Å². The van der Waals surface area contributed by atoms with Gasteiger partial charge in [-0.15, -0.1) is 0 Å². The molecule has 0 N–H and O–H groups in total. The lowest BCUT2D eigenvalue weighted by Gasteiger charge is -2.27. The van der Waals surface area contributed by atoms with E-state index in [1.54, 1.807) is 0 Å². The number of hydrogen-bond donors (Lipinski definition) is 0. The van der Waals surface area contributed by atoms with E-state index in [2.05, 4.69) is 126 Å². The third kappa shape index (κ3) is 4.11. The average Bonchev–Trinajstić information content (AvgIpc) is 3.51. The van der Waals surface area contributed by atoms with Crippen molar-refractivity contribution in [3.63, 3.8) is 0 Å². The molecule has 42 heavy (non-hydrogen) atoms. The van der Waals surface area contributed by atoms with Crippen LogP contribution in [0.5, 0.6) is 0 Å². The minimum absolute atomic E-state index is 0.624. The van der Waals surface area contributed by atoms with Crippen molar-refractivity contribution in [2.24, 2.45) is 0 Å². The zero-order valence-electron chi connectivity index (χ0n) is 22.8. The summed E-state index contributed by atoms with van der Waals surface area (Å²) < 4.78 is 6.51. The van der Waals surface area contributed by atoms with Gasteiger partial charge in [-0.05, 0) is 75.8 Å². The highest BCUT2D eigenvalue weighted by Crippen LogP contribution is 2.43. The number of aromatic nitrogens is 1. The van der Waals surface area contributed by atoms with Gasteiger partial charge >= 0.3 is 0 Å². The molecule has 0 atom stereocenters. The van der Waals surface area contributed by atoms with Gasteiger partial charge in [-0.25, -0.2) is 4.98 Å². The van der Waals surface area contributed by atoms with Crippen LogP contribution in [-0.2, 0) is 0 Å². The Morgan fingerprint density at radius 1 is 0.476 bits per heavy atom. The summed E-state index contributed by atoms with van der Waals surface area (Å²) in [5, 5.41) is 4.63. The minimum Gasteiger partial charge on any atom is -0.435 e. The molecule has 0 aliphatic carbocycles. The van der Waals surface area contributed by atoms with Gasteiger partial charge in [0.25, 0.3) is 0 Å². The molecule has 0 spiro atoms. The van der Waals surface area contributed by atoms with E-state index in [0.717, 1.165) is 44.5 Å². The first-order valence-electron chi connectivity index (χ1n) is 14.1. The summed E-state index contributed by atoms with van der Waals surface area (Å²) in [6, 6.07) is 55.0. The van der Waals surface area contributed by atoms with Gasteiger partial charge in [0.2, 0.25) is 5.89 Å². The number of benzene rings is 7. The fourth-order valence-electron chi connectivity index (χ4n) is 5.90. The zero-order valence-corrected chi connectivity index (χ0v) is 22.8. The first-order valence-corrected chi connectivity index (χ1v) is 14.1. The summed E-state index contributed by atoms with van der Waals surface area (Å²) in [5.41, 5.74) is 8.18. The van der Waals surface area contributed by atoms with E-state index in [1.165, 1.54) is 21.9 Å². The second kappa shape index (κ2) is 10.1. The van der Waals surface area contributed by atoms with Gasteiger partial charge in [0.05, 0.1) is 11.1 Å². The molecule has 1 heterocycles. The van der Waals surface area contributed by atoms with Crippen LogP contribution in [-0.4, -0.2) is 4.98 Å². The molecule has 3 nitrogen and oxygen atoms in total. The number of nitrogens with zero attached hydrogens (tertiary/aromatic N) is 2. The fraction of sp³-hybridized carbons (Fsp3) is 0. The number of anilines is 3. The largest absolute Gasteiger partial charge is 0.435 e. The van der Waals surface area contributed by atoms with Gasteiger partial charge in [-0.1, -0.05) is 109 Å². The molecule has 1 aromatic heterocycles. The van der Waals surface area contributed by atoms with E-state index >= 15 is 0 Å². The lowest BCUT2D eigenvalue weighted by atomic mass is 9.98. The molecule has 8 rings (SSSR count). The smallest absolute Gasteiger partial charge is 0.227 e. The van der Waals surface area contributed by atoms with Crippen LogP contribution in [0.4, 0.5) is 17.1 Å². The molecule has 0 saturated heterocycles. The Kier molecular flexibility index (Phi) is 5.79. The number of fused-ring (bicyclic) bond motifs is 4. The predicted molar refractivity (Wildman–Crippen MR) is 175 cm³/mol. The molecule has 0 fully saturated rings. The van der Waals surface area contributed by atoms with Crippen molar-refractivity contribution >= 4 is 49.7 Å². The van der Waals surface area contributed by atoms with Crippen molar-refractivity contribution in [1.29, 1.82) is 0 Å². The van der Waals surface area contributed by atoms with Gasteiger partial charge in [0, 0.05) is 16.9 Å². The van der Waals surface area contributed by atoms with E-state index < -0.39 is 0 Å². The van der Waals surface area contributed by atoms with Crippen LogP contribution in [0.15, 0.2) is 162 Å². The second-order valence-electron chi connectivity index (χ2n) is 10.4. The third-order valence-electron chi connectivity index (χ3n) is 7.88. The molecular formula is C39H26N2O. The number of para-hydroxylation sites is 1. The Morgan fingerprint density at radius 2 is 1.14 bits per heavy atom. The Bertz CT molecular complexity index is 2180. The van der Waals surface area contributed by atoms with Gasteiger partial charge in [-0.2, -0.15) is 0 Å². The van der Waals surface area contributed by atoms with Crippen LogP contribution in [0.3, 0.4) is 0 Å². The molecule has 0 amide bonds. The highest BCUT2D eigenvalue weighted by molar-refractivity contribution is 6.12. The average molecular weight is 539 g/mol. The zero-order chi connectivity index (χ0) is 27.9. The second-order valence-corrected chi connectivity index (χ2v) is 10.4. The van der Waals surface area contributed by atoms with Crippen molar-refractivity contribution in [2.45, 2.75) is 0 Å². The van der Waals surface area contributed by atoms with E-state index in [9.17, 15) is 0 Å². The molecular weight excluding hydrogens is 512 g/mol. The van der Waals surface area contributed by atoms with Gasteiger partial charge < -0.3 is 9.32 Å². The van der Waals surface area contributed by atoms with Crippen LogP contribution in [0.1, 0.15) is 0 Å². The van der Waals surface area contributed by atoms with Crippen LogP contribution < -0.4 is 4.90 Å². The Labute approximate surface area is 243 Å². The molecule has 0 aliphatic heterocycles. The normalized spacial score (nSPS) is 11.3. The Balaban J connectivity index is 1.31. The molecule has 0 radical (unpaired) electrons. The molecule has 8 aromatic rings. The standard InChI is InChI=1S/C39H26N2O/c1-3-12-30(13-4-1)39-40-35-26-23-29-15-10-20-36(37(29)38(35)42-39)41(31-16-5-2-6-17-31)32-24-21-28(22-25-32)34-19-9-14-27-11-7-8-18-33(27)34/h1-26H. The Hall–Kier alpha value is -5.67. The topological polar surface area (TPSA) is 29.3 Å². The van der Waals surface area contributed by atoms with Crippen molar-refractivity contribution in [3.05, 3.63) is 158 Å². The summed E-state index contributed by atoms with van der Waals surface area (Å²) in [6.45, 7) is 0. The highest BCUT2D eigenvalue weighted by Gasteiger charge is 2.20. The fourth-order valence-corrected chi connectivity index (χ4v) is 5.90. The van der Waals surface area contributed by atoms with E-state index in [4.69, 9.17) is 9.40 Å². The molecule has 0 saturated carbocycles. The maximum Gasteiger partial charge on any atom is 0.227 e. The predicted octanol–water partition coefficient (Wildman–Crippen LogP) is 10.9. The van der Waals surface area contributed by atoms with Gasteiger partial charge in [0.15, 0.2) is 5.58 Å². The van der Waals surface area contributed by atoms with Crippen molar-refractivity contribution in [3.8, 4) is 22.6 Å². The van der Waals surface area contributed by atoms with Crippen molar-refractivity contribution in [2.75, 3.05) is 4.90 Å². The quantitative estimate of drug-likeness (QED) is 0.218. The lowest BCUT2D eigenvalue weighted by Crippen LogP contribution is -2.10. The summed E-state index contributed by atoms with van der Waals surface area (Å²) in [7, 11) is 0. The van der Waals surface area contributed by atoms with Crippen LogP contribution in [0.2, 0.25) is 0 Å². The maximum atomic E-state index is 6.51. The third-order valence-corrected chi connectivity index (χ3v) is 7.88. The van der Waals surface area contributed by atoms with Crippen molar-refractivity contribution in [1.82, 2.24) is 4.98 Å². The maximum absolute atomic E-state index is 6.51. The van der Waals surface area contributed by atoms with E-state index in [-0.39, 0.29) is 0 Å². The molecule has 0 bridgehead atoms. The first kappa shape index (κ1) is 24.2. The molecule has 7 aromatic carbocycles. The monoisotopic (exact) mass is 538 g/mol. The summed E-state index contributed by atoms with van der Waals surface area (Å²) in [6.07, 6.45) is 0. The number of oxazole rings is 1. The number of hydrogen-bond acceptors (Lipinski definition) is 3. The first-order chi connectivity index (χ1) is 20.8. The van der Waals surface area contributed by atoms with Crippen molar-refractivity contribution < 1.29 is 4.42 Å². The Morgan fingerprint density at radius 3 is 1.98 bits per heavy atom. The molecule has 198 valence electrons.